The number of carbonyl (C=O) groups is 2. The highest BCUT2D eigenvalue weighted by atomic mass is 32.2. The lowest BCUT2D eigenvalue weighted by Crippen LogP contribution is -2.48. The Hall–Kier alpha value is -0.960. The first-order valence-electron chi connectivity index (χ1n) is 5.88. The number of methoxy groups -OCH3 is 1. The summed E-state index contributed by atoms with van der Waals surface area (Å²) >= 11 is 1.45. The third-order valence-electron chi connectivity index (χ3n) is 2.45. The van der Waals surface area contributed by atoms with Crippen molar-refractivity contribution in [3.8, 4) is 0 Å². The van der Waals surface area contributed by atoms with E-state index in [4.69, 9.17) is 5.73 Å². The SMILES string of the molecule is COC(=O)CCN(CC(F)(F)F)C(=O)[C@@H](N)CCSC. The van der Waals surface area contributed by atoms with E-state index in [1.807, 2.05) is 6.26 Å². The molecular weight excluding hydrogens is 297 g/mol. The Morgan fingerprint density at radius 3 is 2.45 bits per heavy atom. The summed E-state index contributed by atoms with van der Waals surface area (Å²) in [6.45, 7) is -1.78. The molecule has 1 atom stereocenters. The van der Waals surface area contributed by atoms with Gasteiger partial charge in [-0.05, 0) is 18.4 Å². The highest BCUT2D eigenvalue weighted by Gasteiger charge is 2.34. The topological polar surface area (TPSA) is 72.6 Å². The summed E-state index contributed by atoms with van der Waals surface area (Å²) in [5.74, 6) is -0.910. The highest BCUT2D eigenvalue weighted by Crippen LogP contribution is 2.17. The van der Waals surface area contributed by atoms with Crippen LogP contribution in [0.5, 0.6) is 0 Å². The van der Waals surface area contributed by atoms with Crippen molar-refractivity contribution in [1.82, 2.24) is 4.90 Å². The minimum atomic E-state index is -4.54. The van der Waals surface area contributed by atoms with Crippen molar-refractivity contribution >= 4 is 23.6 Å². The minimum Gasteiger partial charge on any atom is -0.469 e. The van der Waals surface area contributed by atoms with Crippen LogP contribution >= 0.6 is 11.8 Å². The molecule has 0 heterocycles. The monoisotopic (exact) mass is 316 g/mol. The van der Waals surface area contributed by atoms with E-state index in [0.29, 0.717) is 10.7 Å². The lowest BCUT2D eigenvalue weighted by atomic mass is 10.2. The quantitative estimate of drug-likeness (QED) is 0.677. The molecule has 0 saturated carbocycles. The average Bonchev–Trinajstić information content (AvgIpc) is 2.38. The van der Waals surface area contributed by atoms with E-state index in [1.165, 1.54) is 11.8 Å². The van der Waals surface area contributed by atoms with E-state index in [9.17, 15) is 22.8 Å². The van der Waals surface area contributed by atoms with Gasteiger partial charge in [0.1, 0.15) is 6.54 Å². The van der Waals surface area contributed by atoms with Gasteiger partial charge in [0.05, 0.1) is 19.6 Å². The molecule has 0 aromatic rings. The predicted molar refractivity (Wildman–Crippen MR) is 70.2 cm³/mol. The summed E-state index contributed by atoms with van der Waals surface area (Å²) in [6, 6.07) is -0.998. The summed E-state index contributed by atoms with van der Waals surface area (Å²) in [5.41, 5.74) is 5.57. The zero-order valence-corrected chi connectivity index (χ0v) is 12.2. The van der Waals surface area contributed by atoms with Gasteiger partial charge in [-0.3, -0.25) is 9.59 Å². The number of amides is 1. The standard InChI is InChI=1S/C11H19F3N2O3S/c1-19-9(17)3-5-16(7-11(12,13)14)10(18)8(15)4-6-20-2/h8H,3-7,15H2,1-2H3/t8-/m0/s1. The number of nitrogens with two attached hydrogens (primary N) is 1. The Labute approximate surface area is 120 Å². The van der Waals surface area contributed by atoms with Crippen LogP contribution in [-0.4, -0.2) is 61.2 Å². The van der Waals surface area contributed by atoms with Crippen LogP contribution in [0.25, 0.3) is 0 Å². The van der Waals surface area contributed by atoms with E-state index in [0.717, 1.165) is 7.11 Å². The van der Waals surface area contributed by atoms with Gasteiger partial charge in [0.15, 0.2) is 0 Å². The summed E-state index contributed by atoms with van der Waals surface area (Å²) in [6.07, 6.45) is -2.74. The van der Waals surface area contributed by atoms with Crippen molar-refractivity contribution in [2.45, 2.75) is 25.1 Å². The molecule has 5 nitrogen and oxygen atoms in total. The third kappa shape index (κ3) is 8.26. The van der Waals surface area contributed by atoms with Gasteiger partial charge in [-0.2, -0.15) is 24.9 Å². The highest BCUT2D eigenvalue weighted by molar-refractivity contribution is 7.98. The number of carbonyl (C=O) groups excluding carboxylic acids is 2. The number of hydrogen-bond donors (Lipinski definition) is 1. The van der Waals surface area contributed by atoms with Crippen LogP contribution in [0.2, 0.25) is 0 Å². The van der Waals surface area contributed by atoms with Gasteiger partial charge in [0.2, 0.25) is 5.91 Å². The van der Waals surface area contributed by atoms with Crippen LogP contribution in [-0.2, 0) is 14.3 Å². The van der Waals surface area contributed by atoms with Gasteiger partial charge in [-0.25, -0.2) is 0 Å². The van der Waals surface area contributed by atoms with E-state index >= 15 is 0 Å². The number of thioether (sulfide) groups is 1. The molecule has 0 fully saturated rings. The van der Waals surface area contributed by atoms with Crippen molar-refractivity contribution < 1.29 is 27.5 Å². The molecule has 1 amide bonds. The zero-order chi connectivity index (χ0) is 15.8. The second-order valence-electron chi connectivity index (χ2n) is 4.09. The van der Waals surface area contributed by atoms with Crippen LogP contribution in [0.4, 0.5) is 13.2 Å². The fourth-order valence-electron chi connectivity index (χ4n) is 1.41. The van der Waals surface area contributed by atoms with E-state index in [2.05, 4.69) is 4.74 Å². The molecule has 0 aromatic heterocycles. The molecule has 118 valence electrons. The average molecular weight is 316 g/mol. The maximum absolute atomic E-state index is 12.4. The summed E-state index contributed by atoms with van der Waals surface area (Å²) in [7, 11) is 1.13. The van der Waals surface area contributed by atoms with Crippen LogP contribution in [0.15, 0.2) is 0 Å². The van der Waals surface area contributed by atoms with Gasteiger partial charge >= 0.3 is 12.1 Å². The van der Waals surface area contributed by atoms with Crippen LogP contribution in [0, 0.1) is 0 Å². The van der Waals surface area contributed by atoms with Gasteiger partial charge in [0.25, 0.3) is 0 Å². The smallest absolute Gasteiger partial charge is 0.406 e. The molecule has 0 aliphatic carbocycles. The lowest BCUT2D eigenvalue weighted by Gasteiger charge is -2.26. The van der Waals surface area contributed by atoms with Crippen molar-refractivity contribution in [3.63, 3.8) is 0 Å². The molecule has 0 aromatic carbocycles. The minimum absolute atomic E-state index is 0.284. The van der Waals surface area contributed by atoms with Crippen LogP contribution in [0.1, 0.15) is 12.8 Å². The molecule has 0 spiro atoms. The molecule has 9 heteroatoms. The van der Waals surface area contributed by atoms with E-state index in [1.54, 1.807) is 0 Å². The molecule has 2 N–H and O–H groups in total. The van der Waals surface area contributed by atoms with Crippen molar-refractivity contribution in [1.29, 1.82) is 0 Å². The number of rotatable bonds is 8. The molecule has 0 aliphatic rings. The fraction of sp³-hybridized carbons (Fsp3) is 0.818. The van der Waals surface area contributed by atoms with Crippen molar-refractivity contribution in [2.24, 2.45) is 5.73 Å². The number of esters is 1. The summed E-state index contributed by atoms with van der Waals surface area (Å²) in [5, 5.41) is 0. The fourth-order valence-corrected chi connectivity index (χ4v) is 1.90. The second-order valence-corrected chi connectivity index (χ2v) is 5.07. The first-order chi connectivity index (χ1) is 9.21. The van der Waals surface area contributed by atoms with Gasteiger partial charge in [-0.1, -0.05) is 0 Å². The van der Waals surface area contributed by atoms with Gasteiger partial charge < -0.3 is 15.4 Å². The van der Waals surface area contributed by atoms with E-state index in [-0.39, 0.29) is 19.4 Å². The van der Waals surface area contributed by atoms with Gasteiger partial charge in [-0.15, -0.1) is 0 Å². The lowest BCUT2D eigenvalue weighted by molar-refractivity contribution is -0.163. The molecule has 0 unspecified atom stereocenters. The Kier molecular flexibility index (Phi) is 8.63. The molecular formula is C11H19F3N2O3S. The van der Waals surface area contributed by atoms with Crippen molar-refractivity contribution in [3.05, 3.63) is 0 Å². The molecule has 0 aliphatic heterocycles. The molecule has 0 bridgehead atoms. The normalized spacial score (nSPS) is 12.9. The first kappa shape index (κ1) is 19.0. The van der Waals surface area contributed by atoms with E-state index < -0.39 is 30.6 Å². The number of halogens is 3. The maximum Gasteiger partial charge on any atom is 0.406 e. The number of alkyl halides is 3. The maximum atomic E-state index is 12.4. The molecule has 0 rings (SSSR count). The number of ether oxygens (including phenoxy) is 1. The zero-order valence-electron chi connectivity index (χ0n) is 11.4. The molecule has 20 heavy (non-hydrogen) atoms. The Morgan fingerprint density at radius 2 is 2.00 bits per heavy atom. The second kappa shape index (κ2) is 9.06. The Bertz CT molecular complexity index is 327. The summed E-state index contributed by atoms with van der Waals surface area (Å²) < 4.78 is 41.6. The van der Waals surface area contributed by atoms with Gasteiger partial charge in [0, 0.05) is 6.54 Å². The Balaban J connectivity index is 4.65. The molecule has 0 radical (unpaired) electrons. The molecule has 0 saturated heterocycles. The largest absolute Gasteiger partial charge is 0.469 e. The van der Waals surface area contributed by atoms with Crippen molar-refractivity contribution in [2.75, 3.05) is 32.2 Å². The Morgan fingerprint density at radius 1 is 1.40 bits per heavy atom. The number of nitrogens with zero attached hydrogens (tertiary/aromatic N) is 1. The first-order valence-corrected chi connectivity index (χ1v) is 7.27. The summed E-state index contributed by atoms with van der Waals surface area (Å²) in [4.78, 5) is 23.4. The number of hydrogen-bond acceptors (Lipinski definition) is 5. The third-order valence-corrected chi connectivity index (χ3v) is 3.09. The van der Waals surface area contributed by atoms with Crippen LogP contribution < -0.4 is 5.73 Å². The predicted octanol–water partition coefficient (Wildman–Crippen LogP) is 1.02. The van der Waals surface area contributed by atoms with Crippen LogP contribution in [0.3, 0.4) is 0 Å².